The Labute approximate surface area is 212 Å². The normalized spacial score (nSPS) is 23.4. The van der Waals surface area contributed by atoms with Gasteiger partial charge in [0.15, 0.2) is 0 Å². The molecular formula is C32H29BO3. The number of ether oxygens (including phenoxy) is 1. The van der Waals surface area contributed by atoms with Crippen LogP contribution < -0.4 is 10.2 Å². The molecule has 36 heavy (non-hydrogen) atoms. The van der Waals surface area contributed by atoms with Crippen molar-refractivity contribution < 1.29 is 14.0 Å². The standard InChI is InChI=1S/C32H29BO3/c1-31(2)32(3,4)36-33(35-31)27-10-7-11-29-30(27)26-19-22(15-17-28(26)34-29)21-14-16-25-23(18-21)13-12-20-8-5-6-9-24(20)25/h5-19,26,28H,1-4H3. The Morgan fingerprint density at radius 3 is 2.33 bits per heavy atom. The smallest absolute Gasteiger partial charge is 0.485 e. The fraction of sp³-hybridized carbons (Fsp3) is 0.250. The number of allylic oxidation sites excluding steroid dienone is 2. The van der Waals surface area contributed by atoms with E-state index in [9.17, 15) is 0 Å². The monoisotopic (exact) mass is 472 g/mol. The number of rotatable bonds is 2. The molecule has 2 atom stereocenters. The lowest BCUT2D eigenvalue weighted by molar-refractivity contribution is 0.00578. The molecule has 4 heteroatoms. The van der Waals surface area contributed by atoms with Crippen LogP contribution in [0, 0.1) is 0 Å². The predicted octanol–water partition coefficient (Wildman–Crippen LogP) is 6.79. The van der Waals surface area contributed by atoms with Crippen molar-refractivity contribution in [2.24, 2.45) is 0 Å². The van der Waals surface area contributed by atoms with Gasteiger partial charge in [0.25, 0.3) is 0 Å². The van der Waals surface area contributed by atoms with Crippen molar-refractivity contribution in [3.63, 3.8) is 0 Å². The molecule has 178 valence electrons. The van der Waals surface area contributed by atoms with Crippen molar-refractivity contribution in [1.29, 1.82) is 0 Å². The molecule has 1 aliphatic carbocycles. The van der Waals surface area contributed by atoms with Crippen molar-refractivity contribution in [3.8, 4) is 5.75 Å². The second-order valence-electron chi connectivity index (χ2n) is 11.2. The summed E-state index contributed by atoms with van der Waals surface area (Å²) < 4.78 is 19.2. The van der Waals surface area contributed by atoms with Crippen LogP contribution >= 0.6 is 0 Å². The molecule has 1 saturated heterocycles. The summed E-state index contributed by atoms with van der Waals surface area (Å²) >= 11 is 0. The molecule has 2 heterocycles. The summed E-state index contributed by atoms with van der Waals surface area (Å²) in [6.45, 7) is 8.39. The first-order chi connectivity index (χ1) is 17.3. The molecule has 2 aliphatic heterocycles. The lowest BCUT2D eigenvalue weighted by Crippen LogP contribution is -2.41. The van der Waals surface area contributed by atoms with Crippen molar-refractivity contribution >= 4 is 39.7 Å². The second kappa shape index (κ2) is 7.58. The van der Waals surface area contributed by atoms with E-state index in [4.69, 9.17) is 14.0 Å². The third-order valence-electron chi connectivity index (χ3n) is 8.46. The number of benzene rings is 4. The maximum absolute atomic E-state index is 6.43. The molecular weight excluding hydrogens is 443 g/mol. The Morgan fingerprint density at radius 2 is 1.50 bits per heavy atom. The first-order valence-electron chi connectivity index (χ1n) is 12.8. The Bertz CT molecular complexity index is 1580. The van der Waals surface area contributed by atoms with Crippen LogP contribution in [0.4, 0.5) is 0 Å². The van der Waals surface area contributed by atoms with Crippen LogP contribution in [-0.4, -0.2) is 24.4 Å². The quantitative estimate of drug-likeness (QED) is 0.238. The summed E-state index contributed by atoms with van der Waals surface area (Å²) in [5.74, 6) is 1.03. The van der Waals surface area contributed by atoms with E-state index in [1.54, 1.807) is 0 Å². The molecule has 0 amide bonds. The van der Waals surface area contributed by atoms with E-state index in [1.807, 2.05) is 6.07 Å². The van der Waals surface area contributed by atoms with E-state index in [-0.39, 0.29) is 23.2 Å². The zero-order chi connectivity index (χ0) is 24.7. The van der Waals surface area contributed by atoms with Gasteiger partial charge in [-0.2, -0.15) is 0 Å². The van der Waals surface area contributed by atoms with E-state index in [2.05, 4.69) is 113 Å². The molecule has 0 N–H and O–H groups in total. The molecule has 7 rings (SSSR count). The molecule has 2 unspecified atom stereocenters. The highest BCUT2D eigenvalue weighted by atomic mass is 16.7. The Balaban J connectivity index is 1.29. The maximum Gasteiger partial charge on any atom is 0.495 e. The molecule has 3 nitrogen and oxygen atoms in total. The topological polar surface area (TPSA) is 27.7 Å². The third kappa shape index (κ3) is 3.21. The fourth-order valence-electron chi connectivity index (χ4n) is 5.75. The van der Waals surface area contributed by atoms with Gasteiger partial charge in [-0.05, 0) is 84.0 Å². The lowest BCUT2D eigenvalue weighted by atomic mass is 9.71. The first kappa shape index (κ1) is 21.9. The van der Waals surface area contributed by atoms with Gasteiger partial charge in [-0.25, -0.2) is 0 Å². The van der Waals surface area contributed by atoms with Crippen molar-refractivity contribution in [2.45, 2.75) is 50.9 Å². The van der Waals surface area contributed by atoms with Crippen molar-refractivity contribution in [1.82, 2.24) is 0 Å². The van der Waals surface area contributed by atoms with E-state index < -0.39 is 7.12 Å². The van der Waals surface area contributed by atoms with Crippen LogP contribution in [0.25, 0.3) is 27.1 Å². The van der Waals surface area contributed by atoms with Gasteiger partial charge in [0, 0.05) is 11.5 Å². The van der Waals surface area contributed by atoms with Crippen LogP contribution in [-0.2, 0) is 9.31 Å². The first-order valence-corrected chi connectivity index (χ1v) is 12.8. The molecule has 0 spiro atoms. The molecule has 4 aromatic carbocycles. The van der Waals surface area contributed by atoms with Gasteiger partial charge in [-0.3, -0.25) is 0 Å². The van der Waals surface area contributed by atoms with Crippen molar-refractivity contribution in [3.05, 3.63) is 102 Å². The van der Waals surface area contributed by atoms with Crippen molar-refractivity contribution in [2.75, 3.05) is 0 Å². The van der Waals surface area contributed by atoms with E-state index >= 15 is 0 Å². The minimum atomic E-state index is -0.413. The van der Waals surface area contributed by atoms with Gasteiger partial charge in [-0.15, -0.1) is 0 Å². The zero-order valence-corrected chi connectivity index (χ0v) is 21.1. The highest BCUT2D eigenvalue weighted by Crippen LogP contribution is 2.45. The SMILES string of the molecule is CC1(C)OB(c2cccc3c2C2C=C(c4ccc5c(ccc6ccccc65)c4)C=CC2O3)OC1(C)C. The average Bonchev–Trinajstić information content (AvgIpc) is 3.35. The van der Waals surface area contributed by atoms with Crippen LogP contribution in [0.2, 0.25) is 0 Å². The molecule has 4 aromatic rings. The fourth-order valence-corrected chi connectivity index (χ4v) is 5.75. The Morgan fingerprint density at radius 1 is 0.750 bits per heavy atom. The Hall–Kier alpha value is -3.34. The largest absolute Gasteiger partial charge is 0.495 e. The number of hydrogen-bond acceptors (Lipinski definition) is 3. The molecule has 0 saturated carbocycles. The summed E-state index contributed by atoms with van der Waals surface area (Å²) in [4.78, 5) is 0. The van der Waals surface area contributed by atoms with Crippen LogP contribution in [0.1, 0.15) is 44.7 Å². The predicted molar refractivity (Wildman–Crippen MR) is 148 cm³/mol. The van der Waals surface area contributed by atoms with E-state index in [0.29, 0.717) is 0 Å². The molecule has 0 radical (unpaired) electrons. The highest BCUT2D eigenvalue weighted by Gasteiger charge is 2.53. The molecule has 3 aliphatic rings. The zero-order valence-electron chi connectivity index (χ0n) is 21.1. The summed E-state index contributed by atoms with van der Waals surface area (Å²) in [5, 5.41) is 5.10. The van der Waals surface area contributed by atoms with Gasteiger partial charge < -0.3 is 14.0 Å². The van der Waals surface area contributed by atoms with Crippen LogP contribution in [0.15, 0.2) is 91.0 Å². The van der Waals surface area contributed by atoms with Crippen LogP contribution in [0.3, 0.4) is 0 Å². The molecule has 0 bridgehead atoms. The lowest BCUT2D eigenvalue weighted by Gasteiger charge is -2.32. The van der Waals surface area contributed by atoms with E-state index in [0.717, 1.165) is 11.2 Å². The highest BCUT2D eigenvalue weighted by molar-refractivity contribution is 6.62. The van der Waals surface area contributed by atoms with E-state index in [1.165, 1.54) is 38.2 Å². The van der Waals surface area contributed by atoms with Gasteiger partial charge >= 0.3 is 7.12 Å². The number of hydrogen-bond donors (Lipinski definition) is 0. The van der Waals surface area contributed by atoms with Crippen LogP contribution in [0.5, 0.6) is 5.75 Å². The van der Waals surface area contributed by atoms with Gasteiger partial charge in [0.1, 0.15) is 11.9 Å². The second-order valence-corrected chi connectivity index (χ2v) is 11.2. The minimum Gasteiger partial charge on any atom is -0.485 e. The molecule has 0 aromatic heterocycles. The summed E-state index contributed by atoms with van der Waals surface area (Å²) in [7, 11) is -0.413. The minimum absolute atomic E-state index is 0.0169. The average molecular weight is 472 g/mol. The third-order valence-corrected chi connectivity index (χ3v) is 8.46. The summed E-state index contributed by atoms with van der Waals surface area (Å²) in [6.07, 6.45) is 6.73. The Kier molecular flexibility index (Phi) is 4.61. The maximum atomic E-state index is 6.43. The van der Waals surface area contributed by atoms with Gasteiger partial charge in [-0.1, -0.05) is 72.8 Å². The number of fused-ring (bicyclic) bond motifs is 6. The van der Waals surface area contributed by atoms with Gasteiger partial charge in [0.05, 0.1) is 11.2 Å². The summed E-state index contributed by atoms with van der Waals surface area (Å²) in [6, 6.07) is 26.0. The van der Waals surface area contributed by atoms with Gasteiger partial charge in [0.2, 0.25) is 0 Å². The molecule has 1 fully saturated rings. The summed E-state index contributed by atoms with van der Waals surface area (Å²) in [5.41, 5.74) is 3.90.